The molecule has 0 spiro atoms. The number of nitrogens with zero attached hydrogens (tertiary/aromatic N) is 1. The molecule has 12 aromatic rings. The summed E-state index contributed by atoms with van der Waals surface area (Å²) in [5, 5.41) is 12.3. The Morgan fingerprint density at radius 3 is 1.71 bits per heavy atom. The summed E-state index contributed by atoms with van der Waals surface area (Å²) in [6.45, 7) is 4.76. The van der Waals surface area contributed by atoms with E-state index in [0.29, 0.717) is 0 Å². The second-order valence-electron chi connectivity index (χ2n) is 16.8. The van der Waals surface area contributed by atoms with E-state index >= 15 is 0 Å². The van der Waals surface area contributed by atoms with E-state index in [9.17, 15) is 0 Å². The Labute approximate surface area is 341 Å². The van der Waals surface area contributed by atoms with E-state index in [4.69, 9.17) is 4.42 Å². The molecule has 1 aliphatic rings. The third-order valence-electron chi connectivity index (χ3n) is 13.4. The molecule has 1 aliphatic carbocycles. The summed E-state index contributed by atoms with van der Waals surface area (Å²) < 4.78 is 9.11. The van der Waals surface area contributed by atoms with E-state index in [1.165, 1.54) is 82.2 Å². The molecule has 59 heavy (non-hydrogen) atoms. The van der Waals surface area contributed by atoms with Crippen molar-refractivity contribution in [2.75, 3.05) is 0 Å². The third kappa shape index (κ3) is 4.46. The molecule has 0 atom stereocenters. The summed E-state index contributed by atoms with van der Waals surface area (Å²) >= 11 is 0. The van der Waals surface area contributed by atoms with Crippen LogP contribution in [0.4, 0.5) is 0 Å². The van der Waals surface area contributed by atoms with Crippen molar-refractivity contribution in [2.24, 2.45) is 0 Å². The molecule has 0 N–H and O–H groups in total. The van der Waals surface area contributed by atoms with Crippen LogP contribution in [0.25, 0.3) is 115 Å². The highest BCUT2D eigenvalue weighted by atomic mass is 16.3. The van der Waals surface area contributed by atoms with E-state index in [-0.39, 0.29) is 5.41 Å². The minimum Gasteiger partial charge on any atom is -0.455 e. The maximum atomic E-state index is 6.70. The zero-order valence-electron chi connectivity index (χ0n) is 32.8. The lowest BCUT2D eigenvalue weighted by atomic mass is 9.80. The molecule has 2 heterocycles. The first kappa shape index (κ1) is 32.6. The summed E-state index contributed by atoms with van der Waals surface area (Å²) in [5.41, 5.74) is 15.4. The maximum Gasteiger partial charge on any atom is 0.145 e. The normalized spacial score (nSPS) is 13.4. The van der Waals surface area contributed by atoms with Crippen molar-refractivity contribution in [2.45, 2.75) is 19.3 Å². The topological polar surface area (TPSA) is 18.1 Å². The minimum absolute atomic E-state index is 0.138. The van der Waals surface area contributed by atoms with Gasteiger partial charge in [0, 0.05) is 27.3 Å². The molecule has 0 aliphatic heterocycles. The monoisotopic (exact) mass is 751 g/mol. The van der Waals surface area contributed by atoms with Crippen LogP contribution in [0.5, 0.6) is 0 Å². The number of benzene rings is 10. The Morgan fingerprint density at radius 2 is 0.949 bits per heavy atom. The van der Waals surface area contributed by atoms with Gasteiger partial charge in [0.05, 0.1) is 16.4 Å². The van der Waals surface area contributed by atoms with E-state index < -0.39 is 0 Å². The first-order valence-corrected chi connectivity index (χ1v) is 20.6. The zero-order valence-corrected chi connectivity index (χ0v) is 32.8. The summed E-state index contributed by atoms with van der Waals surface area (Å²) in [7, 11) is 0. The second-order valence-corrected chi connectivity index (χ2v) is 16.8. The fourth-order valence-electron chi connectivity index (χ4n) is 10.6. The highest BCUT2D eigenvalue weighted by molar-refractivity contribution is 6.26. The number of aromatic nitrogens is 1. The average Bonchev–Trinajstić information content (AvgIpc) is 3.91. The van der Waals surface area contributed by atoms with Crippen LogP contribution in [-0.4, -0.2) is 4.57 Å². The zero-order chi connectivity index (χ0) is 39.0. The molecule has 0 bridgehead atoms. The fourth-order valence-corrected chi connectivity index (χ4v) is 10.6. The first-order valence-electron chi connectivity index (χ1n) is 20.6. The van der Waals surface area contributed by atoms with Gasteiger partial charge in [0.2, 0.25) is 0 Å². The van der Waals surface area contributed by atoms with Crippen molar-refractivity contribution in [1.29, 1.82) is 0 Å². The molecule has 2 aromatic heterocycles. The van der Waals surface area contributed by atoms with Crippen LogP contribution >= 0.6 is 0 Å². The smallest absolute Gasteiger partial charge is 0.145 e. The SMILES string of the molecule is CC1(C)c2ccccc2-c2cc(-c3ccc4c5c6oc7ccccc7c6ccc5n(-c5ccccc5)c4c3)c(-c3ccc4c5ccccc5c5ccccc5c4c3)cc21. The van der Waals surface area contributed by atoms with Gasteiger partial charge in [0.25, 0.3) is 0 Å². The Bertz CT molecular complexity index is 3710. The lowest BCUT2D eigenvalue weighted by molar-refractivity contribution is 0.660. The fraction of sp³-hybridized carbons (Fsp3) is 0.0526. The Balaban J connectivity index is 1.13. The van der Waals surface area contributed by atoms with E-state index in [2.05, 4.69) is 206 Å². The molecular formula is C57H37NO. The third-order valence-corrected chi connectivity index (χ3v) is 13.4. The quantitative estimate of drug-likeness (QED) is 0.164. The number of furan rings is 1. The molecule has 0 saturated heterocycles. The van der Waals surface area contributed by atoms with Crippen molar-refractivity contribution >= 4 is 76.1 Å². The first-order chi connectivity index (χ1) is 29.0. The predicted octanol–water partition coefficient (Wildman–Crippen LogP) is 15.8. The van der Waals surface area contributed by atoms with Gasteiger partial charge in [-0.05, 0) is 131 Å². The van der Waals surface area contributed by atoms with E-state index in [1.54, 1.807) is 0 Å². The molecule has 2 heteroatoms. The molecule has 0 amide bonds. The molecule has 10 aromatic carbocycles. The molecular weight excluding hydrogens is 715 g/mol. The summed E-state index contributed by atoms with van der Waals surface area (Å²) in [4.78, 5) is 0. The van der Waals surface area contributed by atoms with Gasteiger partial charge in [-0.1, -0.05) is 147 Å². The van der Waals surface area contributed by atoms with Gasteiger partial charge in [-0.15, -0.1) is 0 Å². The van der Waals surface area contributed by atoms with Crippen molar-refractivity contribution < 1.29 is 4.42 Å². The van der Waals surface area contributed by atoms with Crippen LogP contribution in [0, 0.1) is 0 Å². The Morgan fingerprint density at radius 1 is 0.373 bits per heavy atom. The standard InChI is InChI=1S/C57H37NO/c1-57(2)50-22-12-10-20-42(50)49-32-46(47(33-51(49)57)34-24-26-41-39-18-7-6-16-37(39)38-17-8-9-19-40(38)48(41)30-34)35-25-27-45-53(31-35)58(36-14-4-3-5-15-36)52-29-28-44-43-21-11-13-23-54(43)59-56(44)55(45)52/h3-33H,1-2H3. The second kappa shape index (κ2) is 11.8. The van der Waals surface area contributed by atoms with Gasteiger partial charge in [-0.25, -0.2) is 0 Å². The predicted molar refractivity (Wildman–Crippen MR) is 249 cm³/mol. The molecule has 0 fully saturated rings. The molecule has 0 saturated carbocycles. The van der Waals surface area contributed by atoms with Gasteiger partial charge in [-0.2, -0.15) is 0 Å². The van der Waals surface area contributed by atoms with E-state index in [0.717, 1.165) is 44.0 Å². The molecule has 2 nitrogen and oxygen atoms in total. The number of fused-ring (bicyclic) bond motifs is 16. The van der Waals surface area contributed by atoms with Crippen LogP contribution in [0.15, 0.2) is 192 Å². The van der Waals surface area contributed by atoms with Crippen molar-refractivity contribution in [3.05, 3.63) is 199 Å². The maximum absolute atomic E-state index is 6.70. The highest BCUT2D eigenvalue weighted by Crippen LogP contribution is 2.53. The van der Waals surface area contributed by atoms with Gasteiger partial charge < -0.3 is 8.98 Å². The summed E-state index contributed by atoms with van der Waals surface area (Å²) in [5.74, 6) is 0. The molecule has 0 unspecified atom stereocenters. The average molecular weight is 752 g/mol. The van der Waals surface area contributed by atoms with Crippen LogP contribution in [0.1, 0.15) is 25.0 Å². The minimum atomic E-state index is -0.138. The van der Waals surface area contributed by atoms with Crippen molar-refractivity contribution in [1.82, 2.24) is 4.57 Å². The van der Waals surface area contributed by atoms with Gasteiger partial charge in [0.15, 0.2) is 0 Å². The van der Waals surface area contributed by atoms with Crippen molar-refractivity contribution in [3.8, 4) is 39.1 Å². The van der Waals surface area contributed by atoms with Crippen LogP contribution < -0.4 is 0 Å². The number of para-hydroxylation sites is 2. The Hall–Kier alpha value is -7.42. The largest absolute Gasteiger partial charge is 0.455 e. The number of hydrogen-bond donors (Lipinski definition) is 0. The van der Waals surface area contributed by atoms with Crippen LogP contribution in [0.3, 0.4) is 0 Å². The summed E-state index contributed by atoms with van der Waals surface area (Å²) in [6.07, 6.45) is 0. The van der Waals surface area contributed by atoms with Gasteiger partial charge in [0.1, 0.15) is 11.2 Å². The summed E-state index contributed by atoms with van der Waals surface area (Å²) in [6, 6.07) is 69.5. The molecule has 276 valence electrons. The number of rotatable bonds is 3. The van der Waals surface area contributed by atoms with Gasteiger partial charge >= 0.3 is 0 Å². The van der Waals surface area contributed by atoms with Crippen molar-refractivity contribution in [3.63, 3.8) is 0 Å². The van der Waals surface area contributed by atoms with Gasteiger partial charge in [-0.3, -0.25) is 0 Å². The number of hydrogen-bond acceptors (Lipinski definition) is 1. The van der Waals surface area contributed by atoms with E-state index in [1.807, 2.05) is 0 Å². The van der Waals surface area contributed by atoms with Crippen LogP contribution in [-0.2, 0) is 5.41 Å². The lowest BCUT2D eigenvalue weighted by Crippen LogP contribution is -2.15. The lowest BCUT2D eigenvalue weighted by Gasteiger charge is -2.23. The molecule has 0 radical (unpaired) electrons. The van der Waals surface area contributed by atoms with Crippen LogP contribution in [0.2, 0.25) is 0 Å². The highest BCUT2D eigenvalue weighted by Gasteiger charge is 2.36. The Kier molecular flexibility index (Phi) is 6.54. The molecule has 13 rings (SSSR count).